The van der Waals surface area contributed by atoms with E-state index in [0.717, 1.165) is 12.1 Å². The van der Waals surface area contributed by atoms with Crippen LogP contribution in [0, 0.1) is 23.1 Å². The summed E-state index contributed by atoms with van der Waals surface area (Å²) in [6, 6.07) is 12.1. The Hall–Kier alpha value is -3.83. The monoisotopic (exact) mass is 454 g/mol. The largest absolute Gasteiger partial charge is 0.340 e. The fourth-order valence-corrected chi connectivity index (χ4v) is 3.25. The fraction of sp³-hybridized carbons (Fsp3) is 0.130. The molecule has 2 aromatic carbocycles. The van der Waals surface area contributed by atoms with Crippen LogP contribution in [0.5, 0.6) is 0 Å². The van der Waals surface area contributed by atoms with Gasteiger partial charge >= 0.3 is 0 Å². The van der Waals surface area contributed by atoms with Crippen molar-refractivity contribution in [2.75, 3.05) is 7.05 Å². The van der Waals surface area contributed by atoms with Gasteiger partial charge < -0.3 is 5.32 Å². The smallest absolute Gasteiger partial charge is 0.258 e. The van der Waals surface area contributed by atoms with Gasteiger partial charge in [0.25, 0.3) is 11.8 Å². The van der Waals surface area contributed by atoms with Gasteiger partial charge in [0.15, 0.2) is 6.19 Å². The fourth-order valence-electron chi connectivity index (χ4n) is 3.01. The van der Waals surface area contributed by atoms with Crippen molar-refractivity contribution in [1.29, 1.82) is 5.26 Å². The summed E-state index contributed by atoms with van der Waals surface area (Å²) < 4.78 is 28.2. The van der Waals surface area contributed by atoms with Crippen LogP contribution in [-0.4, -0.2) is 34.8 Å². The van der Waals surface area contributed by atoms with Crippen LogP contribution < -0.4 is 5.32 Å². The van der Waals surface area contributed by atoms with Crippen molar-refractivity contribution in [2.24, 2.45) is 0 Å². The molecule has 0 unspecified atom stereocenters. The molecule has 32 heavy (non-hydrogen) atoms. The van der Waals surface area contributed by atoms with E-state index in [1.807, 2.05) is 0 Å². The van der Waals surface area contributed by atoms with E-state index < -0.39 is 35.9 Å². The standard InChI is InChI=1S/C23H17ClF2N4O2/c1-30(13-27)23(32)21(11-16-18(25)7-4-8-19(16)26)29-22(31)14-9-10-20(28-12-14)15-5-2-3-6-17(15)24/h2-10,12,21H,11H2,1H3,(H,29,31)/t21-/m0/s1. The van der Waals surface area contributed by atoms with Crippen molar-refractivity contribution < 1.29 is 18.4 Å². The van der Waals surface area contributed by atoms with Crippen LogP contribution >= 0.6 is 11.6 Å². The lowest BCUT2D eigenvalue weighted by molar-refractivity contribution is -0.129. The van der Waals surface area contributed by atoms with Gasteiger partial charge in [-0.05, 0) is 30.3 Å². The molecule has 1 heterocycles. The van der Waals surface area contributed by atoms with Crippen molar-refractivity contribution in [1.82, 2.24) is 15.2 Å². The van der Waals surface area contributed by atoms with Crippen LogP contribution in [0.25, 0.3) is 11.3 Å². The highest BCUT2D eigenvalue weighted by Gasteiger charge is 2.27. The summed E-state index contributed by atoms with van der Waals surface area (Å²) >= 11 is 6.16. The highest BCUT2D eigenvalue weighted by molar-refractivity contribution is 6.33. The predicted molar refractivity (Wildman–Crippen MR) is 114 cm³/mol. The minimum atomic E-state index is -1.37. The van der Waals surface area contributed by atoms with Crippen molar-refractivity contribution in [3.63, 3.8) is 0 Å². The van der Waals surface area contributed by atoms with Crippen LogP contribution in [-0.2, 0) is 11.2 Å². The number of likely N-dealkylation sites (N-methyl/N-ethyl adjacent to an activating group) is 1. The molecule has 1 N–H and O–H groups in total. The van der Waals surface area contributed by atoms with E-state index in [9.17, 15) is 18.4 Å². The highest BCUT2D eigenvalue weighted by Crippen LogP contribution is 2.25. The van der Waals surface area contributed by atoms with Crippen molar-refractivity contribution in [3.05, 3.63) is 88.6 Å². The molecule has 6 nitrogen and oxygen atoms in total. The van der Waals surface area contributed by atoms with Gasteiger partial charge in [0.2, 0.25) is 0 Å². The number of aromatic nitrogens is 1. The molecule has 0 spiro atoms. The first-order valence-electron chi connectivity index (χ1n) is 9.43. The van der Waals surface area contributed by atoms with E-state index in [1.165, 1.54) is 25.4 Å². The van der Waals surface area contributed by atoms with Crippen LogP contribution in [0.3, 0.4) is 0 Å². The first-order valence-corrected chi connectivity index (χ1v) is 9.81. The minimum absolute atomic E-state index is 0.118. The van der Waals surface area contributed by atoms with Gasteiger partial charge in [0.1, 0.15) is 17.7 Å². The Bertz CT molecular complexity index is 1180. The maximum atomic E-state index is 14.1. The summed E-state index contributed by atoms with van der Waals surface area (Å²) in [4.78, 5) is 30.2. The summed E-state index contributed by atoms with van der Waals surface area (Å²) in [6.07, 6.45) is 2.45. The molecule has 3 rings (SSSR count). The van der Waals surface area contributed by atoms with Crippen LogP contribution in [0.1, 0.15) is 15.9 Å². The Labute approximate surface area is 188 Å². The lowest BCUT2D eigenvalue weighted by atomic mass is 10.0. The van der Waals surface area contributed by atoms with E-state index in [4.69, 9.17) is 16.9 Å². The quantitative estimate of drug-likeness (QED) is 0.451. The molecule has 0 aliphatic heterocycles. The number of hydrogen-bond donors (Lipinski definition) is 1. The third-order valence-corrected chi connectivity index (χ3v) is 5.06. The average molecular weight is 455 g/mol. The lowest BCUT2D eigenvalue weighted by Crippen LogP contribution is -2.47. The molecule has 2 amide bonds. The second-order valence-electron chi connectivity index (χ2n) is 6.84. The zero-order valence-corrected chi connectivity index (χ0v) is 17.6. The van der Waals surface area contributed by atoms with Crippen LogP contribution in [0.15, 0.2) is 60.8 Å². The van der Waals surface area contributed by atoms with Crippen molar-refractivity contribution in [2.45, 2.75) is 12.5 Å². The van der Waals surface area contributed by atoms with E-state index in [-0.39, 0.29) is 11.1 Å². The molecule has 9 heteroatoms. The number of nitriles is 1. The number of hydrogen-bond acceptors (Lipinski definition) is 4. The van der Waals surface area contributed by atoms with Gasteiger partial charge in [-0.15, -0.1) is 0 Å². The first kappa shape index (κ1) is 22.8. The van der Waals surface area contributed by atoms with Gasteiger partial charge in [0.05, 0.1) is 11.3 Å². The maximum Gasteiger partial charge on any atom is 0.258 e. The molecule has 0 radical (unpaired) electrons. The predicted octanol–water partition coefficient (Wildman–Crippen LogP) is 3.96. The van der Waals surface area contributed by atoms with Crippen molar-refractivity contribution >= 4 is 23.4 Å². The Balaban J connectivity index is 1.84. The topological polar surface area (TPSA) is 86.1 Å². The molecular weight excluding hydrogens is 438 g/mol. The number of nitrogens with zero attached hydrogens (tertiary/aromatic N) is 3. The molecular formula is C23H17ClF2N4O2. The molecule has 0 fully saturated rings. The molecule has 1 atom stereocenters. The van der Waals surface area contributed by atoms with Gasteiger partial charge in [-0.3, -0.25) is 19.5 Å². The maximum absolute atomic E-state index is 14.1. The van der Waals surface area contributed by atoms with Gasteiger partial charge in [-0.25, -0.2) is 8.78 Å². The van der Waals surface area contributed by atoms with E-state index in [0.29, 0.717) is 21.2 Å². The number of pyridine rings is 1. The molecule has 1 aromatic heterocycles. The molecule has 162 valence electrons. The SMILES string of the molecule is CN(C#N)C(=O)[C@H](Cc1c(F)cccc1F)NC(=O)c1ccc(-c2ccccc2Cl)nc1. The summed E-state index contributed by atoms with van der Waals surface area (Å²) in [6.45, 7) is 0. The Morgan fingerprint density at radius 1 is 1.12 bits per heavy atom. The zero-order chi connectivity index (χ0) is 23.3. The van der Waals surface area contributed by atoms with Gasteiger partial charge in [0, 0.05) is 35.8 Å². The molecule has 0 aliphatic carbocycles. The summed E-state index contributed by atoms with van der Waals surface area (Å²) in [5.41, 5.74) is 0.967. The second kappa shape index (κ2) is 9.98. The third kappa shape index (κ3) is 5.07. The molecule has 0 bridgehead atoms. The van der Waals surface area contributed by atoms with E-state index >= 15 is 0 Å². The number of amides is 2. The average Bonchev–Trinajstić information content (AvgIpc) is 2.80. The lowest BCUT2D eigenvalue weighted by Gasteiger charge is -2.20. The number of benzene rings is 2. The summed E-state index contributed by atoms with van der Waals surface area (Å²) in [5, 5.41) is 12.0. The minimum Gasteiger partial charge on any atom is -0.340 e. The zero-order valence-electron chi connectivity index (χ0n) is 16.8. The van der Waals surface area contributed by atoms with E-state index in [1.54, 1.807) is 36.5 Å². The third-order valence-electron chi connectivity index (χ3n) is 4.73. The normalized spacial score (nSPS) is 11.3. The Morgan fingerprint density at radius 2 is 1.81 bits per heavy atom. The van der Waals surface area contributed by atoms with Crippen LogP contribution in [0.2, 0.25) is 5.02 Å². The number of carbonyl (C=O) groups excluding carboxylic acids is 2. The Kier molecular flexibility index (Phi) is 7.13. The summed E-state index contributed by atoms with van der Waals surface area (Å²) in [7, 11) is 1.19. The Morgan fingerprint density at radius 3 is 2.41 bits per heavy atom. The number of nitrogens with one attached hydrogen (secondary N) is 1. The van der Waals surface area contributed by atoms with Crippen molar-refractivity contribution in [3.8, 4) is 17.5 Å². The van der Waals surface area contributed by atoms with Crippen LogP contribution in [0.4, 0.5) is 8.78 Å². The second-order valence-corrected chi connectivity index (χ2v) is 7.25. The number of carbonyl (C=O) groups is 2. The molecule has 0 saturated carbocycles. The van der Waals surface area contributed by atoms with Gasteiger partial charge in [-0.1, -0.05) is 35.9 Å². The number of halogens is 3. The summed E-state index contributed by atoms with van der Waals surface area (Å²) in [5.74, 6) is -3.22. The van der Waals surface area contributed by atoms with Gasteiger partial charge in [-0.2, -0.15) is 5.26 Å². The molecule has 3 aromatic rings. The van der Waals surface area contributed by atoms with E-state index in [2.05, 4.69) is 10.3 Å². The highest BCUT2D eigenvalue weighted by atomic mass is 35.5. The first-order chi connectivity index (χ1) is 15.3. The molecule has 0 saturated heterocycles. The number of rotatable bonds is 6. The molecule has 0 aliphatic rings.